The maximum absolute atomic E-state index is 10.8. The summed E-state index contributed by atoms with van der Waals surface area (Å²) in [6.45, 7) is 5.11. The second-order valence-electron chi connectivity index (χ2n) is 4.73. The largest absolute Gasteiger partial charge is 0.475 e. The van der Waals surface area contributed by atoms with E-state index in [0.29, 0.717) is 18.8 Å². The number of furan rings is 1. The molecule has 0 aliphatic rings. The number of carbonyl (C=O) groups is 1. The first-order valence-electron chi connectivity index (χ1n) is 6.56. The average Bonchev–Trinajstić information content (AvgIpc) is 2.93. The number of nitrogens with zero attached hydrogens (tertiary/aromatic N) is 2. The number of carboxylic acids is 1. The van der Waals surface area contributed by atoms with Crippen LogP contribution in [0.15, 0.2) is 16.7 Å². The van der Waals surface area contributed by atoms with E-state index in [4.69, 9.17) is 9.52 Å². The van der Waals surface area contributed by atoms with Crippen molar-refractivity contribution >= 4 is 5.97 Å². The molecule has 0 amide bonds. The quantitative estimate of drug-likeness (QED) is 0.842. The number of hydrogen-bond acceptors (Lipinski definition) is 4. The predicted molar refractivity (Wildman–Crippen MR) is 73.5 cm³/mol. The molecule has 2 aromatic heterocycles. The van der Waals surface area contributed by atoms with Gasteiger partial charge in [0, 0.05) is 37.5 Å². The lowest BCUT2D eigenvalue weighted by molar-refractivity contribution is 0.0661. The van der Waals surface area contributed by atoms with Crippen LogP contribution >= 0.6 is 0 Å². The summed E-state index contributed by atoms with van der Waals surface area (Å²) in [6.07, 6.45) is 2.89. The third-order valence-electron chi connectivity index (χ3n) is 3.19. The first-order valence-corrected chi connectivity index (χ1v) is 6.56. The van der Waals surface area contributed by atoms with Crippen molar-refractivity contribution in [2.45, 2.75) is 33.4 Å². The Labute approximate surface area is 117 Å². The molecule has 0 spiro atoms. The van der Waals surface area contributed by atoms with E-state index in [0.717, 1.165) is 23.2 Å². The highest BCUT2D eigenvalue weighted by molar-refractivity contribution is 5.84. The molecule has 0 fully saturated rings. The van der Waals surface area contributed by atoms with Crippen molar-refractivity contribution in [3.05, 3.63) is 40.6 Å². The van der Waals surface area contributed by atoms with Gasteiger partial charge in [-0.05, 0) is 19.4 Å². The van der Waals surface area contributed by atoms with Crippen LogP contribution < -0.4 is 5.32 Å². The molecule has 0 radical (unpaired) electrons. The van der Waals surface area contributed by atoms with Gasteiger partial charge in [-0.15, -0.1) is 0 Å². The van der Waals surface area contributed by atoms with Crippen LogP contribution in [0.1, 0.15) is 40.1 Å². The van der Waals surface area contributed by atoms with Crippen LogP contribution in [0, 0.1) is 6.92 Å². The Balaban J connectivity index is 1.97. The minimum Gasteiger partial charge on any atom is -0.475 e. The standard InChI is InChI=1S/C14H19N3O3/c1-4-12-11(8-17(3)16-12)7-15-6-10-5-13(14(18)19)20-9(10)2/h5,8,15H,4,6-7H2,1-3H3,(H,18,19). The summed E-state index contributed by atoms with van der Waals surface area (Å²) in [5, 5.41) is 16.5. The van der Waals surface area contributed by atoms with E-state index in [9.17, 15) is 4.79 Å². The monoisotopic (exact) mass is 277 g/mol. The van der Waals surface area contributed by atoms with Gasteiger partial charge in [0.15, 0.2) is 0 Å². The molecule has 0 aromatic carbocycles. The lowest BCUT2D eigenvalue weighted by Gasteiger charge is -2.03. The molecule has 0 aliphatic carbocycles. The zero-order chi connectivity index (χ0) is 14.7. The van der Waals surface area contributed by atoms with E-state index in [-0.39, 0.29) is 5.76 Å². The number of carboxylic acid groups (broad SMARTS) is 1. The van der Waals surface area contributed by atoms with Crippen molar-refractivity contribution in [3.63, 3.8) is 0 Å². The maximum Gasteiger partial charge on any atom is 0.371 e. The Bertz CT molecular complexity index is 613. The summed E-state index contributed by atoms with van der Waals surface area (Å²) in [4.78, 5) is 10.8. The Kier molecular flexibility index (Phi) is 4.24. The maximum atomic E-state index is 10.8. The smallest absolute Gasteiger partial charge is 0.371 e. The summed E-state index contributed by atoms with van der Waals surface area (Å²) in [5.74, 6) is -0.424. The van der Waals surface area contributed by atoms with Gasteiger partial charge >= 0.3 is 5.97 Å². The van der Waals surface area contributed by atoms with Crippen molar-refractivity contribution < 1.29 is 14.3 Å². The zero-order valence-corrected chi connectivity index (χ0v) is 11.9. The third kappa shape index (κ3) is 3.08. The predicted octanol–water partition coefficient (Wildman–Crippen LogP) is 1.87. The fourth-order valence-corrected chi connectivity index (χ4v) is 2.16. The Morgan fingerprint density at radius 1 is 1.45 bits per heavy atom. The van der Waals surface area contributed by atoms with E-state index in [2.05, 4.69) is 17.3 Å². The number of aryl methyl sites for hydroxylation is 3. The van der Waals surface area contributed by atoms with E-state index in [1.807, 2.05) is 17.9 Å². The molecule has 2 heterocycles. The van der Waals surface area contributed by atoms with Crippen LogP contribution in [0.5, 0.6) is 0 Å². The first kappa shape index (κ1) is 14.3. The van der Waals surface area contributed by atoms with Crippen molar-refractivity contribution in [3.8, 4) is 0 Å². The van der Waals surface area contributed by atoms with Crippen molar-refractivity contribution in [2.75, 3.05) is 0 Å². The second-order valence-corrected chi connectivity index (χ2v) is 4.73. The lowest BCUT2D eigenvalue weighted by atomic mass is 10.2. The van der Waals surface area contributed by atoms with Crippen LogP contribution in [-0.4, -0.2) is 20.9 Å². The minimum atomic E-state index is -1.04. The number of rotatable bonds is 6. The normalized spacial score (nSPS) is 10.9. The SMILES string of the molecule is CCc1nn(C)cc1CNCc1cc(C(=O)O)oc1C. The number of aromatic nitrogens is 2. The fraction of sp³-hybridized carbons (Fsp3) is 0.429. The first-order chi connectivity index (χ1) is 9.51. The van der Waals surface area contributed by atoms with Gasteiger partial charge in [-0.2, -0.15) is 5.10 Å². The van der Waals surface area contributed by atoms with Crippen LogP contribution in [0.4, 0.5) is 0 Å². The number of aromatic carboxylic acids is 1. The zero-order valence-electron chi connectivity index (χ0n) is 11.9. The van der Waals surface area contributed by atoms with Gasteiger partial charge in [-0.25, -0.2) is 4.79 Å². The highest BCUT2D eigenvalue weighted by Gasteiger charge is 2.13. The Hall–Kier alpha value is -2.08. The molecule has 108 valence electrons. The van der Waals surface area contributed by atoms with Crippen LogP contribution in [-0.2, 0) is 26.6 Å². The molecule has 0 bridgehead atoms. The van der Waals surface area contributed by atoms with Gasteiger partial charge in [-0.3, -0.25) is 4.68 Å². The summed E-state index contributed by atoms with van der Waals surface area (Å²) < 4.78 is 6.98. The summed E-state index contributed by atoms with van der Waals surface area (Å²) in [6, 6.07) is 1.56. The molecule has 0 saturated heterocycles. The molecular formula is C14H19N3O3. The van der Waals surface area contributed by atoms with E-state index in [1.54, 1.807) is 13.0 Å². The molecule has 0 aliphatic heterocycles. The second kappa shape index (κ2) is 5.92. The van der Waals surface area contributed by atoms with E-state index >= 15 is 0 Å². The molecule has 2 rings (SSSR count). The van der Waals surface area contributed by atoms with Gasteiger partial charge in [0.25, 0.3) is 0 Å². The van der Waals surface area contributed by atoms with Gasteiger partial charge in [0.05, 0.1) is 5.69 Å². The molecule has 2 N–H and O–H groups in total. The molecule has 0 saturated carbocycles. The molecule has 6 nitrogen and oxygen atoms in total. The van der Waals surface area contributed by atoms with Gasteiger partial charge in [0.2, 0.25) is 5.76 Å². The summed E-state index contributed by atoms with van der Waals surface area (Å²) >= 11 is 0. The van der Waals surface area contributed by atoms with Gasteiger partial charge < -0.3 is 14.8 Å². The summed E-state index contributed by atoms with van der Waals surface area (Å²) in [5.41, 5.74) is 3.11. The van der Waals surface area contributed by atoms with Crippen molar-refractivity contribution in [1.29, 1.82) is 0 Å². The molecule has 6 heteroatoms. The Morgan fingerprint density at radius 3 is 2.75 bits per heavy atom. The van der Waals surface area contributed by atoms with Crippen molar-refractivity contribution in [1.82, 2.24) is 15.1 Å². The summed E-state index contributed by atoms with van der Waals surface area (Å²) in [7, 11) is 1.90. The van der Waals surface area contributed by atoms with Gasteiger partial charge in [0.1, 0.15) is 5.76 Å². The minimum absolute atomic E-state index is 0.0186. The number of nitrogens with one attached hydrogen (secondary N) is 1. The van der Waals surface area contributed by atoms with E-state index < -0.39 is 5.97 Å². The van der Waals surface area contributed by atoms with Gasteiger partial charge in [-0.1, -0.05) is 6.92 Å². The fourth-order valence-electron chi connectivity index (χ4n) is 2.16. The topological polar surface area (TPSA) is 80.3 Å². The lowest BCUT2D eigenvalue weighted by Crippen LogP contribution is -2.13. The number of hydrogen-bond donors (Lipinski definition) is 2. The van der Waals surface area contributed by atoms with Crippen LogP contribution in [0.25, 0.3) is 0 Å². The Morgan fingerprint density at radius 2 is 2.15 bits per heavy atom. The van der Waals surface area contributed by atoms with Crippen LogP contribution in [0.3, 0.4) is 0 Å². The third-order valence-corrected chi connectivity index (χ3v) is 3.19. The highest BCUT2D eigenvalue weighted by Crippen LogP contribution is 2.15. The molecule has 0 atom stereocenters. The average molecular weight is 277 g/mol. The van der Waals surface area contributed by atoms with Crippen LogP contribution in [0.2, 0.25) is 0 Å². The van der Waals surface area contributed by atoms with Crippen molar-refractivity contribution in [2.24, 2.45) is 7.05 Å². The highest BCUT2D eigenvalue weighted by atomic mass is 16.4. The van der Waals surface area contributed by atoms with E-state index in [1.165, 1.54) is 0 Å². The molecule has 2 aromatic rings. The molecule has 0 unspecified atom stereocenters. The molecular weight excluding hydrogens is 258 g/mol. The molecule has 20 heavy (non-hydrogen) atoms.